The smallest absolute Gasteiger partial charge is 0.137 e. The molecule has 2 unspecified atom stereocenters. The van der Waals surface area contributed by atoms with Crippen molar-refractivity contribution in [3.8, 4) is 0 Å². The minimum atomic E-state index is -0.237. The van der Waals surface area contributed by atoms with E-state index in [1.165, 1.54) is 6.07 Å². The summed E-state index contributed by atoms with van der Waals surface area (Å²) in [6.45, 7) is 3.21. The van der Waals surface area contributed by atoms with Crippen LogP contribution in [0.15, 0.2) is 22.7 Å². The fourth-order valence-corrected chi connectivity index (χ4v) is 2.97. The molecule has 0 aliphatic carbocycles. The molecule has 1 aliphatic rings. The summed E-state index contributed by atoms with van der Waals surface area (Å²) >= 11 is 3.24. The van der Waals surface area contributed by atoms with Gasteiger partial charge in [-0.05, 0) is 46.5 Å². The van der Waals surface area contributed by atoms with E-state index in [0.29, 0.717) is 17.0 Å². The molecular formula is C15H21BrFNO2. The van der Waals surface area contributed by atoms with Crippen LogP contribution in [0.2, 0.25) is 0 Å². The zero-order valence-corrected chi connectivity index (χ0v) is 13.3. The van der Waals surface area contributed by atoms with Gasteiger partial charge in [0.2, 0.25) is 0 Å². The SMILES string of the molecule is COCCNCC1CCCOC1c1ccc(F)c(Br)c1. The number of benzene rings is 1. The fraction of sp³-hybridized carbons (Fsp3) is 0.600. The van der Waals surface area contributed by atoms with Crippen LogP contribution < -0.4 is 5.32 Å². The van der Waals surface area contributed by atoms with Crippen LogP contribution in [0.3, 0.4) is 0 Å². The van der Waals surface area contributed by atoms with E-state index in [0.717, 1.165) is 38.1 Å². The van der Waals surface area contributed by atoms with Gasteiger partial charge in [-0.1, -0.05) is 6.07 Å². The Kier molecular flexibility index (Phi) is 6.42. The molecule has 1 heterocycles. The van der Waals surface area contributed by atoms with Gasteiger partial charge in [0, 0.05) is 32.7 Å². The van der Waals surface area contributed by atoms with E-state index in [4.69, 9.17) is 9.47 Å². The number of nitrogens with one attached hydrogen (secondary N) is 1. The second kappa shape index (κ2) is 8.08. The van der Waals surface area contributed by atoms with Gasteiger partial charge in [0.05, 0.1) is 17.2 Å². The lowest BCUT2D eigenvalue weighted by atomic mass is 9.89. The Hall–Kier alpha value is -0.490. The summed E-state index contributed by atoms with van der Waals surface area (Å²) in [6.07, 6.45) is 2.24. The molecule has 2 atom stereocenters. The molecule has 0 amide bonds. The lowest BCUT2D eigenvalue weighted by molar-refractivity contribution is -0.0280. The predicted octanol–water partition coefficient (Wildman–Crippen LogP) is 3.29. The van der Waals surface area contributed by atoms with Gasteiger partial charge in [0.15, 0.2) is 0 Å². The van der Waals surface area contributed by atoms with Crippen molar-refractivity contribution in [2.45, 2.75) is 18.9 Å². The van der Waals surface area contributed by atoms with Gasteiger partial charge >= 0.3 is 0 Å². The molecule has 20 heavy (non-hydrogen) atoms. The molecule has 1 aromatic rings. The third kappa shape index (κ3) is 4.25. The van der Waals surface area contributed by atoms with Crippen molar-refractivity contribution < 1.29 is 13.9 Å². The van der Waals surface area contributed by atoms with E-state index in [9.17, 15) is 4.39 Å². The minimum Gasteiger partial charge on any atom is -0.383 e. The molecule has 1 aromatic carbocycles. The van der Waals surface area contributed by atoms with Crippen molar-refractivity contribution in [2.24, 2.45) is 5.92 Å². The second-order valence-corrected chi connectivity index (χ2v) is 5.92. The van der Waals surface area contributed by atoms with E-state index < -0.39 is 0 Å². The van der Waals surface area contributed by atoms with Crippen LogP contribution in [-0.2, 0) is 9.47 Å². The van der Waals surface area contributed by atoms with Gasteiger partial charge in [0.25, 0.3) is 0 Å². The molecule has 0 bridgehead atoms. The Morgan fingerprint density at radius 1 is 1.50 bits per heavy atom. The van der Waals surface area contributed by atoms with Crippen molar-refractivity contribution in [3.63, 3.8) is 0 Å². The minimum absolute atomic E-state index is 0.0377. The largest absolute Gasteiger partial charge is 0.383 e. The first-order chi connectivity index (χ1) is 9.72. The highest BCUT2D eigenvalue weighted by molar-refractivity contribution is 9.10. The van der Waals surface area contributed by atoms with Crippen LogP contribution in [0.4, 0.5) is 4.39 Å². The Morgan fingerprint density at radius 3 is 3.10 bits per heavy atom. The summed E-state index contributed by atoms with van der Waals surface area (Å²) in [5.74, 6) is 0.178. The van der Waals surface area contributed by atoms with Crippen LogP contribution in [0.25, 0.3) is 0 Å². The molecule has 2 rings (SSSR count). The normalized spacial score (nSPS) is 22.9. The third-order valence-electron chi connectivity index (χ3n) is 3.61. The summed E-state index contributed by atoms with van der Waals surface area (Å²) in [7, 11) is 1.70. The third-order valence-corrected chi connectivity index (χ3v) is 4.21. The van der Waals surface area contributed by atoms with Gasteiger partial charge in [-0.25, -0.2) is 4.39 Å². The summed E-state index contributed by atoms with van der Waals surface area (Å²) in [6, 6.07) is 5.14. The Labute approximate surface area is 128 Å². The zero-order valence-electron chi connectivity index (χ0n) is 11.7. The van der Waals surface area contributed by atoms with E-state index in [2.05, 4.69) is 21.2 Å². The standard InChI is InChI=1S/C15H21BrFNO2/c1-19-8-6-18-10-12-3-2-7-20-15(12)11-4-5-14(17)13(16)9-11/h4-5,9,12,15,18H,2-3,6-8,10H2,1H3. The predicted molar refractivity (Wildman–Crippen MR) is 80.3 cm³/mol. The van der Waals surface area contributed by atoms with Crippen molar-refractivity contribution in [1.29, 1.82) is 0 Å². The van der Waals surface area contributed by atoms with Crippen LogP contribution in [-0.4, -0.2) is 33.4 Å². The van der Waals surface area contributed by atoms with Gasteiger partial charge in [-0.3, -0.25) is 0 Å². The molecule has 1 fully saturated rings. The van der Waals surface area contributed by atoms with E-state index in [1.54, 1.807) is 7.11 Å². The molecule has 3 nitrogen and oxygen atoms in total. The molecule has 5 heteroatoms. The van der Waals surface area contributed by atoms with Crippen molar-refractivity contribution >= 4 is 15.9 Å². The quantitative estimate of drug-likeness (QED) is 0.802. The van der Waals surface area contributed by atoms with Gasteiger partial charge in [0.1, 0.15) is 5.82 Å². The first kappa shape index (κ1) is 15.9. The van der Waals surface area contributed by atoms with Crippen molar-refractivity contribution in [3.05, 3.63) is 34.1 Å². The van der Waals surface area contributed by atoms with Crippen molar-refractivity contribution in [1.82, 2.24) is 5.32 Å². The number of ether oxygens (including phenoxy) is 2. The average molecular weight is 346 g/mol. The summed E-state index contributed by atoms with van der Waals surface area (Å²) < 4.78 is 24.8. The van der Waals surface area contributed by atoms with Crippen molar-refractivity contribution in [2.75, 3.05) is 33.4 Å². The van der Waals surface area contributed by atoms with Gasteiger partial charge < -0.3 is 14.8 Å². The maximum atomic E-state index is 13.3. The number of hydrogen-bond donors (Lipinski definition) is 1. The molecule has 0 radical (unpaired) electrons. The first-order valence-corrected chi connectivity index (χ1v) is 7.78. The topological polar surface area (TPSA) is 30.5 Å². The number of methoxy groups -OCH3 is 1. The number of hydrogen-bond acceptors (Lipinski definition) is 3. The molecule has 1 saturated heterocycles. The summed E-state index contributed by atoms with van der Waals surface area (Å²) in [5.41, 5.74) is 1.04. The van der Waals surface area contributed by atoms with Crippen LogP contribution in [0, 0.1) is 11.7 Å². The van der Waals surface area contributed by atoms with Crippen LogP contribution in [0.1, 0.15) is 24.5 Å². The summed E-state index contributed by atoms with van der Waals surface area (Å²) in [5, 5.41) is 3.39. The van der Waals surface area contributed by atoms with E-state index in [1.807, 2.05) is 12.1 Å². The lowest BCUT2D eigenvalue weighted by Gasteiger charge is -2.32. The highest BCUT2D eigenvalue weighted by Gasteiger charge is 2.27. The number of halogens is 2. The molecular weight excluding hydrogens is 325 g/mol. The van der Waals surface area contributed by atoms with Crippen LogP contribution in [0.5, 0.6) is 0 Å². The summed E-state index contributed by atoms with van der Waals surface area (Å²) in [4.78, 5) is 0. The second-order valence-electron chi connectivity index (χ2n) is 5.06. The number of rotatable bonds is 6. The average Bonchev–Trinajstić information content (AvgIpc) is 2.47. The van der Waals surface area contributed by atoms with E-state index >= 15 is 0 Å². The Morgan fingerprint density at radius 2 is 2.35 bits per heavy atom. The van der Waals surface area contributed by atoms with Gasteiger partial charge in [-0.15, -0.1) is 0 Å². The molecule has 0 spiro atoms. The maximum absolute atomic E-state index is 13.3. The van der Waals surface area contributed by atoms with Crippen LogP contribution >= 0.6 is 15.9 Å². The molecule has 1 N–H and O–H groups in total. The Bertz CT molecular complexity index is 430. The van der Waals surface area contributed by atoms with E-state index in [-0.39, 0.29) is 11.9 Å². The lowest BCUT2D eigenvalue weighted by Crippen LogP contribution is -2.33. The molecule has 112 valence electrons. The Balaban J connectivity index is 2.00. The first-order valence-electron chi connectivity index (χ1n) is 6.98. The highest BCUT2D eigenvalue weighted by Crippen LogP contribution is 2.34. The molecule has 0 aromatic heterocycles. The zero-order chi connectivity index (χ0) is 14.4. The fourth-order valence-electron chi connectivity index (χ4n) is 2.57. The molecule has 1 aliphatic heterocycles. The molecule has 0 saturated carbocycles. The van der Waals surface area contributed by atoms with Gasteiger partial charge in [-0.2, -0.15) is 0 Å². The monoisotopic (exact) mass is 345 g/mol. The highest BCUT2D eigenvalue weighted by atomic mass is 79.9. The maximum Gasteiger partial charge on any atom is 0.137 e.